The number of amides is 4. The summed E-state index contributed by atoms with van der Waals surface area (Å²) < 4.78 is 1.64. The van der Waals surface area contributed by atoms with Crippen LogP contribution in [0.4, 0.5) is 10.5 Å². The first kappa shape index (κ1) is 19.0. The maximum Gasteiger partial charge on any atom is 0.325 e. The van der Waals surface area contributed by atoms with Gasteiger partial charge in [0.05, 0.1) is 6.54 Å². The summed E-state index contributed by atoms with van der Waals surface area (Å²) in [6.45, 7) is 0.0751. The molecule has 1 fully saturated rings. The van der Waals surface area contributed by atoms with E-state index in [1.165, 1.54) is 6.33 Å². The number of aryl methyl sites for hydroxylation is 1. The van der Waals surface area contributed by atoms with Crippen molar-refractivity contribution in [1.29, 1.82) is 0 Å². The van der Waals surface area contributed by atoms with Gasteiger partial charge in [-0.2, -0.15) is 5.10 Å². The van der Waals surface area contributed by atoms with Crippen LogP contribution in [0.5, 0.6) is 0 Å². The van der Waals surface area contributed by atoms with Crippen molar-refractivity contribution in [3.8, 4) is 0 Å². The number of urea groups is 1. The fraction of sp³-hybridized carbons (Fsp3) is 0.227. The molecule has 31 heavy (non-hydrogen) atoms. The van der Waals surface area contributed by atoms with Gasteiger partial charge in [0.1, 0.15) is 24.7 Å². The minimum absolute atomic E-state index is 0.355. The molecule has 0 radical (unpaired) electrons. The van der Waals surface area contributed by atoms with Crippen molar-refractivity contribution in [1.82, 2.24) is 25.0 Å². The fourth-order valence-corrected chi connectivity index (χ4v) is 4.34. The number of hydrogen-bond acceptors (Lipinski definition) is 5. The molecule has 3 aromatic rings. The van der Waals surface area contributed by atoms with Crippen molar-refractivity contribution >= 4 is 23.5 Å². The molecule has 4 amide bonds. The second-order valence-electron chi connectivity index (χ2n) is 7.68. The Balaban J connectivity index is 1.32. The summed E-state index contributed by atoms with van der Waals surface area (Å²) in [5.41, 5.74) is 2.22. The summed E-state index contributed by atoms with van der Waals surface area (Å²) in [4.78, 5) is 43.5. The Morgan fingerprint density at radius 2 is 1.94 bits per heavy atom. The minimum atomic E-state index is -1.07. The first-order chi connectivity index (χ1) is 15.1. The van der Waals surface area contributed by atoms with Crippen LogP contribution >= 0.6 is 0 Å². The van der Waals surface area contributed by atoms with Crippen LogP contribution in [0.2, 0.25) is 0 Å². The average Bonchev–Trinajstić information content (AvgIpc) is 3.47. The Morgan fingerprint density at radius 3 is 2.77 bits per heavy atom. The van der Waals surface area contributed by atoms with Crippen LogP contribution in [0.25, 0.3) is 0 Å². The number of fused-ring (bicyclic) bond motifs is 2. The summed E-state index contributed by atoms with van der Waals surface area (Å²) in [5.74, 6) is -0.827. The number of carbonyl (C=O) groups is 3. The van der Waals surface area contributed by atoms with Gasteiger partial charge >= 0.3 is 6.03 Å². The van der Waals surface area contributed by atoms with Gasteiger partial charge in [-0.3, -0.25) is 14.5 Å². The molecule has 2 aromatic carbocycles. The topological polar surface area (TPSA) is 109 Å². The summed E-state index contributed by atoms with van der Waals surface area (Å²) in [6.07, 6.45) is 4.23. The summed E-state index contributed by atoms with van der Waals surface area (Å²) in [5, 5.41) is 9.73. The molecule has 0 saturated carbocycles. The van der Waals surface area contributed by atoms with Crippen LogP contribution in [0.1, 0.15) is 23.1 Å². The van der Waals surface area contributed by atoms with Crippen LogP contribution in [0.15, 0.2) is 61.2 Å². The minimum Gasteiger partial charge on any atom is -0.324 e. The van der Waals surface area contributed by atoms with Crippen molar-refractivity contribution in [2.45, 2.75) is 24.9 Å². The molecule has 1 unspecified atom stereocenters. The number of benzene rings is 2. The standard InChI is InChI=1S/C22H20N6O3/c29-19(25-18-8-4-2-6-16(18)11-27-14-23-13-24-27)12-28-20(30)22(26-21(28)31)10-9-15-5-1-3-7-17(15)22/h1-8,13-14H,9-12H2,(H,25,29)(H,26,31). The molecule has 2 heterocycles. The highest BCUT2D eigenvalue weighted by molar-refractivity contribution is 6.11. The first-order valence-corrected chi connectivity index (χ1v) is 9.99. The predicted octanol–water partition coefficient (Wildman–Crippen LogP) is 1.66. The zero-order valence-corrected chi connectivity index (χ0v) is 16.6. The lowest BCUT2D eigenvalue weighted by Gasteiger charge is -2.22. The molecule has 2 aliphatic rings. The Bertz CT molecular complexity index is 1180. The molecule has 5 rings (SSSR count). The number of hydrogen-bond donors (Lipinski definition) is 2. The Labute approximate surface area is 178 Å². The van der Waals surface area contributed by atoms with Crippen LogP contribution < -0.4 is 10.6 Å². The fourth-order valence-electron chi connectivity index (χ4n) is 4.34. The third-order valence-electron chi connectivity index (χ3n) is 5.81. The molecule has 1 saturated heterocycles. The molecule has 9 heteroatoms. The lowest BCUT2D eigenvalue weighted by Crippen LogP contribution is -2.43. The number of rotatable bonds is 5. The van der Waals surface area contributed by atoms with Gasteiger partial charge in [-0.1, -0.05) is 42.5 Å². The zero-order valence-electron chi connectivity index (χ0n) is 16.6. The molecule has 2 N–H and O–H groups in total. The van der Waals surface area contributed by atoms with Gasteiger partial charge in [0.2, 0.25) is 5.91 Å². The zero-order chi connectivity index (χ0) is 21.4. The van der Waals surface area contributed by atoms with Crippen molar-refractivity contribution < 1.29 is 14.4 Å². The van der Waals surface area contributed by atoms with Crippen LogP contribution in [0.3, 0.4) is 0 Å². The van der Waals surface area contributed by atoms with E-state index in [4.69, 9.17) is 0 Å². The van der Waals surface area contributed by atoms with Crippen molar-refractivity contribution in [2.24, 2.45) is 0 Å². The maximum absolute atomic E-state index is 13.2. The van der Waals surface area contributed by atoms with Gasteiger partial charge in [0.25, 0.3) is 5.91 Å². The van der Waals surface area contributed by atoms with Crippen LogP contribution in [0, 0.1) is 0 Å². The smallest absolute Gasteiger partial charge is 0.324 e. The molecule has 1 aliphatic carbocycles. The molecular formula is C22H20N6O3. The lowest BCUT2D eigenvalue weighted by atomic mass is 9.92. The number of nitrogens with one attached hydrogen (secondary N) is 2. The highest BCUT2D eigenvalue weighted by atomic mass is 16.2. The van der Waals surface area contributed by atoms with E-state index >= 15 is 0 Å². The molecule has 9 nitrogen and oxygen atoms in total. The summed E-state index contributed by atoms with van der Waals surface area (Å²) >= 11 is 0. The molecule has 1 spiro atoms. The highest BCUT2D eigenvalue weighted by Gasteiger charge is 2.55. The molecule has 0 bridgehead atoms. The number of imide groups is 1. The lowest BCUT2D eigenvalue weighted by molar-refractivity contribution is -0.134. The number of aromatic nitrogens is 3. The van der Waals surface area contributed by atoms with Gasteiger partial charge < -0.3 is 10.6 Å². The third-order valence-corrected chi connectivity index (χ3v) is 5.81. The van der Waals surface area contributed by atoms with Gasteiger partial charge in [0.15, 0.2) is 0 Å². The SMILES string of the molecule is O=C(CN1C(=O)NC2(CCc3ccccc32)C1=O)Nc1ccccc1Cn1cncn1. The number of carbonyl (C=O) groups excluding carboxylic acids is 3. The van der Waals surface area contributed by atoms with E-state index < -0.39 is 17.5 Å². The second-order valence-corrected chi connectivity index (χ2v) is 7.68. The van der Waals surface area contributed by atoms with Crippen LogP contribution in [-0.2, 0) is 28.1 Å². The van der Waals surface area contributed by atoms with Gasteiger partial charge in [-0.25, -0.2) is 14.5 Å². The van der Waals surface area contributed by atoms with E-state index in [0.717, 1.165) is 21.6 Å². The van der Waals surface area contributed by atoms with Gasteiger partial charge in [0, 0.05) is 5.69 Å². The van der Waals surface area contributed by atoms with Crippen molar-refractivity contribution in [3.63, 3.8) is 0 Å². The van der Waals surface area contributed by atoms with Gasteiger partial charge in [-0.05, 0) is 35.6 Å². The third kappa shape index (κ3) is 3.24. The number of para-hydroxylation sites is 1. The molecule has 1 aromatic heterocycles. The quantitative estimate of drug-likeness (QED) is 0.615. The number of anilines is 1. The van der Waals surface area contributed by atoms with Gasteiger partial charge in [-0.15, -0.1) is 0 Å². The first-order valence-electron chi connectivity index (χ1n) is 9.99. The van der Waals surface area contributed by atoms with Crippen molar-refractivity contribution in [2.75, 3.05) is 11.9 Å². The average molecular weight is 416 g/mol. The molecular weight excluding hydrogens is 396 g/mol. The van der Waals surface area contributed by atoms with E-state index in [-0.39, 0.29) is 12.5 Å². The Hall–Kier alpha value is -4.01. The predicted molar refractivity (Wildman–Crippen MR) is 111 cm³/mol. The van der Waals surface area contributed by atoms with E-state index in [2.05, 4.69) is 20.7 Å². The molecule has 156 valence electrons. The second kappa shape index (κ2) is 7.35. The Kier molecular flexibility index (Phi) is 4.50. The molecule has 1 atom stereocenters. The summed E-state index contributed by atoms with van der Waals surface area (Å²) in [7, 11) is 0. The van der Waals surface area contributed by atoms with E-state index in [1.54, 1.807) is 23.1 Å². The normalized spacial score (nSPS) is 19.5. The largest absolute Gasteiger partial charge is 0.325 e. The molecule has 1 aliphatic heterocycles. The number of nitrogens with zero attached hydrogens (tertiary/aromatic N) is 4. The maximum atomic E-state index is 13.2. The van der Waals surface area contributed by atoms with Crippen molar-refractivity contribution in [3.05, 3.63) is 77.9 Å². The van der Waals surface area contributed by atoms with E-state index in [9.17, 15) is 14.4 Å². The van der Waals surface area contributed by atoms with E-state index in [1.807, 2.05) is 36.4 Å². The monoisotopic (exact) mass is 416 g/mol. The van der Waals surface area contributed by atoms with E-state index in [0.29, 0.717) is 25.1 Å². The highest BCUT2D eigenvalue weighted by Crippen LogP contribution is 2.41. The Morgan fingerprint density at radius 1 is 1.13 bits per heavy atom. The van der Waals surface area contributed by atoms with Crippen LogP contribution in [-0.4, -0.2) is 44.1 Å². The summed E-state index contributed by atoms with van der Waals surface area (Å²) in [6, 6.07) is 14.4.